The maximum atomic E-state index is 12.8. The van der Waals surface area contributed by atoms with Crippen LogP contribution in [-0.2, 0) is 14.3 Å². The molecule has 10 heteroatoms. The standard InChI is InChI=1S/C25H31N3O7/c1-12-4-5-17-9-15(6-7-16(17)8-12)13(2)23(32)28-25(26)27-18-10-20(24(33)34)35-22(14(18)3)21(31)19(30)11-29/h4-10,13-14,18-19,21-22,29-31H,11H2,1-3H3,(H,33,34)(H3,26,27,28,32)/t13-,14+,18-,19+,21+,22+/m0/s1. The van der Waals surface area contributed by atoms with Crippen molar-refractivity contribution < 1.29 is 34.8 Å². The molecular weight excluding hydrogens is 454 g/mol. The number of fused-ring (bicyclic) bond motifs is 1. The van der Waals surface area contributed by atoms with Crippen LogP contribution in [0, 0.1) is 12.8 Å². The van der Waals surface area contributed by atoms with E-state index in [0.29, 0.717) is 0 Å². The van der Waals surface area contributed by atoms with Crippen molar-refractivity contribution in [1.29, 1.82) is 0 Å². The molecule has 1 amide bonds. The molecule has 2 aromatic rings. The Labute approximate surface area is 202 Å². The van der Waals surface area contributed by atoms with Gasteiger partial charge in [-0.15, -0.1) is 0 Å². The Balaban J connectivity index is 1.78. The molecule has 10 nitrogen and oxygen atoms in total. The predicted octanol–water partition coefficient (Wildman–Crippen LogP) is 0.769. The number of nitrogens with one attached hydrogen (secondary N) is 1. The van der Waals surface area contributed by atoms with Gasteiger partial charge in [0.1, 0.15) is 18.3 Å². The van der Waals surface area contributed by atoms with Gasteiger partial charge in [-0.2, -0.15) is 4.99 Å². The molecule has 1 aliphatic heterocycles. The number of aryl methyl sites for hydroxylation is 1. The van der Waals surface area contributed by atoms with Gasteiger partial charge in [0.2, 0.25) is 5.76 Å². The lowest BCUT2D eigenvalue weighted by Gasteiger charge is -2.38. The molecule has 3 rings (SSSR count). The second kappa shape index (κ2) is 10.9. The van der Waals surface area contributed by atoms with Crippen LogP contribution in [-0.4, -0.2) is 69.2 Å². The Hall–Kier alpha value is -3.47. The Morgan fingerprint density at radius 2 is 1.83 bits per heavy atom. The Morgan fingerprint density at radius 3 is 2.49 bits per heavy atom. The van der Waals surface area contributed by atoms with E-state index in [9.17, 15) is 24.9 Å². The number of carboxylic acids is 1. The molecule has 0 aliphatic carbocycles. The normalized spacial score (nSPS) is 23.1. The van der Waals surface area contributed by atoms with Crippen molar-refractivity contribution in [1.82, 2.24) is 5.32 Å². The van der Waals surface area contributed by atoms with E-state index >= 15 is 0 Å². The fourth-order valence-corrected chi connectivity index (χ4v) is 4.03. The van der Waals surface area contributed by atoms with Crippen LogP contribution >= 0.6 is 0 Å². The molecule has 0 radical (unpaired) electrons. The lowest BCUT2D eigenvalue weighted by molar-refractivity contribution is -0.147. The largest absolute Gasteiger partial charge is 0.480 e. The van der Waals surface area contributed by atoms with Crippen LogP contribution in [0.5, 0.6) is 0 Å². The monoisotopic (exact) mass is 485 g/mol. The summed E-state index contributed by atoms with van der Waals surface area (Å²) in [5, 5.41) is 43.5. The average molecular weight is 486 g/mol. The highest BCUT2D eigenvalue weighted by molar-refractivity contribution is 5.96. The number of guanidine groups is 1. The molecule has 0 spiro atoms. The summed E-state index contributed by atoms with van der Waals surface area (Å²) in [6.07, 6.45) is -2.99. The fraction of sp³-hybridized carbons (Fsp3) is 0.400. The summed E-state index contributed by atoms with van der Waals surface area (Å²) in [4.78, 5) is 28.2. The molecule has 1 aliphatic rings. The molecule has 0 saturated carbocycles. The number of ether oxygens (including phenoxy) is 1. The van der Waals surface area contributed by atoms with Gasteiger partial charge < -0.3 is 36.2 Å². The van der Waals surface area contributed by atoms with Crippen LogP contribution in [0.4, 0.5) is 0 Å². The van der Waals surface area contributed by atoms with Crippen molar-refractivity contribution in [2.45, 2.75) is 51.0 Å². The van der Waals surface area contributed by atoms with Gasteiger partial charge in [-0.05, 0) is 36.3 Å². The maximum absolute atomic E-state index is 12.8. The number of hydrogen-bond acceptors (Lipinski definition) is 6. The van der Waals surface area contributed by atoms with Crippen molar-refractivity contribution in [2.24, 2.45) is 16.6 Å². The van der Waals surface area contributed by atoms with E-state index in [0.717, 1.165) is 21.9 Å². The summed E-state index contributed by atoms with van der Waals surface area (Å²) < 4.78 is 5.33. The third-order valence-electron chi connectivity index (χ3n) is 6.24. The number of carboxylic acid groups (broad SMARTS) is 1. The molecule has 0 unspecified atom stereocenters. The number of aliphatic hydroxyl groups excluding tert-OH is 3. The number of nitrogens with zero attached hydrogens (tertiary/aromatic N) is 1. The summed E-state index contributed by atoms with van der Waals surface area (Å²) >= 11 is 0. The number of amides is 1. The second-order valence-corrected chi connectivity index (χ2v) is 8.86. The Morgan fingerprint density at radius 1 is 1.17 bits per heavy atom. The minimum atomic E-state index is -1.56. The van der Waals surface area contributed by atoms with Crippen LogP contribution in [0.15, 0.2) is 53.2 Å². The highest BCUT2D eigenvalue weighted by Gasteiger charge is 2.40. The van der Waals surface area contributed by atoms with E-state index in [-0.39, 0.29) is 5.96 Å². The summed E-state index contributed by atoms with van der Waals surface area (Å²) in [5.41, 5.74) is 7.88. The minimum Gasteiger partial charge on any atom is -0.480 e. The number of aliphatic hydroxyl groups is 3. The van der Waals surface area contributed by atoms with E-state index in [1.807, 2.05) is 37.3 Å². The summed E-state index contributed by atoms with van der Waals surface area (Å²) in [6.45, 7) is 4.63. The zero-order chi connectivity index (χ0) is 25.9. The van der Waals surface area contributed by atoms with E-state index in [4.69, 9.17) is 15.6 Å². The summed E-state index contributed by atoms with van der Waals surface area (Å²) in [6, 6.07) is 11.0. The van der Waals surface area contributed by atoms with Gasteiger partial charge in [0.05, 0.1) is 18.6 Å². The average Bonchev–Trinajstić information content (AvgIpc) is 2.83. The molecular formula is C25H31N3O7. The number of carbonyl (C=O) groups is 2. The number of hydrogen-bond donors (Lipinski definition) is 6. The molecule has 6 atom stereocenters. The Bertz CT molecular complexity index is 1160. The fourth-order valence-electron chi connectivity index (χ4n) is 4.03. The van der Waals surface area contributed by atoms with Crippen molar-refractivity contribution in [3.63, 3.8) is 0 Å². The zero-order valence-electron chi connectivity index (χ0n) is 19.8. The predicted molar refractivity (Wildman–Crippen MR) is 130 cm³/mol. The SMILES string of the molecule is Cc1ccc2cc([C@H](C)C(=O)/N=C(/N)N[C@H]3C=C(C(=O)O)O[C@@H]([C@H](O)[C@H](O)CO)[C@@H]3C)ccc2c1. The third-order valence-corrected chi connectivity index (χ3v) is 6.24. The van der Waals surface area contributed by atoms with Gasteiger partial charge in [0.25, 0.3) is 5.91 Å². The lowest BCUT2D eigenvalue weighted by Crippen LogP contribution is -2.54. The summed E-state index contributed by atoms with van der Waals surface area (Å²) in [5.74, 6) is -3.74. The van der Waals surface area contributed by atoms with Crippen molar-refractivity contribution in [3.05, 3.63) is 59.4 Å². The smallest absolute Gasteiger partial charge is 0.370 e. The number of nitrogens with two attached hydrogens (primary N) is 1. The number of rotatable bonds is 7. The van der Waals surface area contributed by atoms with Crippen molar-refractivity contribution in [3.8, 4) is 0 Å². The third kappa shape index (κ3) is 5.97. The first-order chi connectivity index (χ1) is 16.5. The first-order valence-corrected chi connectivity index (χ1v) is 11.3. The molecule has 188 valence electrons. The second-order valence-electron chi connectivity index (χ2n) is 8.86. The molecule has 0 fully saturated rings. The van der Waals surface area contributed by atoms with Gasteiger partial charge in [0.15, 0.2) is 5.96 Å². The highest BCUT2D eigenvalue weighted by atomic mass is 16.5. The van der Waals surface area contributed by atoms with Crippen LogP contribution in [0.25, 0.3) is 10.8 Å². The van der Waals surface area contributed by atoms with E-state index in [2.05, 4.69) is 16.4 Å². The summed E-state index contributed by atoms with van der Waals surface area (Å²) in [7, 11) is 0. The van der Waals surface area contributed by atoms with Crippen LogP contribution in [0.3, 0.4) is 0 Å². The molecule has 0 saturated heterocycles. The van der Waals surface area contributed by atoms with Gasteiger partial charge in [-0.25, -0.2) is 4.79 Å². The van der Waals surface area contributed by atoms with E-state index in [1.165, 1.54) is 6.08 Å². The molecule has 0 aromatic heterocycles. The van der Waals surface area contributed by atoms with Crippen molar-refractivity contribution >= 4 is 28.6 Å². The lowest BCUT2D eigenvalue weighted by atomic mass is 9.87. The minimum absolute atomic E-state index is 0.228. The zero-order valence-corrected chi connectivity index (χ0v) is 19.8. The van der Waals surface area contributed by atoms with Crippen molar-refractivity contribution in [2.75, 3.05) is 6.61 Å². The number of carbonyl (C=O) groups excluding carboxylic acids is 1. The highest BCUT2D eigenvalue weighted by Crippen LogP contribution is 2.28. The van der Waals surface area contributed by atoms with E-state index < -0.39 is 60.4 Å². The van der Waals surface area contributed by atoms with E-state index in [1.54, 1.807) is 13.8 Å². The number of aliphatic imine (C=N–C) groups is 1. The topological polar surface area (TPSA) is 175 Å². The Kier molecular flexibility index (Phi) is 8.11. The molecule has 1 heterocycles. The van der Waals surface area contributed by atoms with Crippen LogP contribution < -0.4 is 11.1 Å². The molecule has 35 heavy (non-hydrogen) atoms. The first-order valence-electron chi connectivity index (χ1n) is 11.3. The van der Waals surface area contributed by atoms with Gasteiger partial charge in [0, 0.05) is 5.92 Å². The number of benzene rings is 2. The van der Waals surface area contributed by atoms with Gasteiger partial charge in [-0.3, -0.25) is 4.79 Å². The molecule has 7 N–H and O–H groups in total. The number of aliphatic carboxylic acids is 1. The van der Waals surface area contributed by atoms with Gasteiger partial charge >= 0.3 is 5.97 Å². The van der Waals surface area contributed by atoms with Crippen LogP contribution in [0.1, 0.15) is 30.9 Å². The van der Waals surface area contributed by atoms with Gasteiger partial charge in [-0.1, -0.05) is 48.9 Å². The maximum Gasteiger partial charge on any atom is 0.370 e. The van der Waals surface area contributed by atoms with Crippen LogP contribution in [0.2, 0.25) is 0 Å². The molecule has 0 bridgehead atoms. The molecule has 2 aromatic carbocycles. The first kappa shape index (κ1) is 26.1. The quantitative estimate of drug-likeness (QED) is 0.244.